The Morgan fingerprint density at radius 3 is 2.56 bits per heavy atom. The Hall–Kier alpha value is -3.53. The number of phenols is 1. The van der Waals surface area contributed by atoms with Gasteiger partial charge in [-0.25, -0.2) is 0 Å². The number of fused-ring (bicyclic) bond motifs is 1. The third-order valence-electron chi connectivity index (χ3n) is 4.65. The average molecular weight is 356 g/mol. The number of benzene rings is 3. The first-order chi connectivity index (χ1) is 13.1. The molecular weight excluding hydrogens is 336 g/mol. The summed E-state index contributed by atoms with van der Waals surface area (Å²) >= 11 is 0. The predicted molar refractivity (Wildman–Crippen MR) is 110 cm³/mol. The summed E-state index contributed by atoms with van der Waals surface area (Å²) < 4.78 is 0. The molecule has 0 fully saturated rings. The molecule has 27 heavy (non-hydrogen) atoms. The summed E-state index contributed by atoms with van der Waals surface area (Å²) in [5.74, 6) is 0.155. The van der Waals surface area contributed by atoms with Crippen LogP contribution in [-0.2, 0) is 6.54 Å². The Morgan fingerprint density at radius 2 is 1.74 bits per heavy atom. The average Bonchev–Trinajstić information content (AvgIpc) is 2.68. The van der Waals surface area contributed by atoms with Crippen molar-refractivity contribution in [1.82, 2.24) is 4.98 Å². The maximum atomic E-state index is 12.4. The summed E-state index contributed by atoms with van der Waals surface area (Å²) in [6.45, 7) is 2.32. The molecule has 134 valence electrons. The molecule has 0 aliphatic carbocycles. The Morgan fingerprint density at radius 1 is 0.926 bits per heavy atom. The molecule has 4 rings (SSSR count). The zero-order chi connectivity index (χ0) is 18.8. The van der Waals surface area contributed by atoms with E-state index in [1.54, 1.807) is 6.07 Å². The Bertz CT molecular complexity index is 1160. The minimum atomic E-state index is -0.126. The lowest BCUT2D eigenvalue weighted by atomic mass is 10.0. The number of phenolic OH excluding ortho intramolecular Hbond substituents is 1. The molecule has 0 saturated heterocycles. The van der Waals surface area contributed by atoms with Crippen LogP contribution in [0.2, 0.25) is 0 Å². The fraction of sp³-hybridized carbons (Fsp3) is 0.0870. The van der Waals surface area contributed by atoms with Gasteiger partial charge in [-0.1, -0.05) is 48.5 Å². The van der Waals surface area contributed by atoms with Crippen LogP contribution < -0.4 is 10.9 Å². The van der Waals surface area contributed by atoms with Crippen molar-refractivity contribution in [3.8, 4) is 16.9 Å². The number of aryl methyl sites for hydroxylation is 1. The summed E-state index contributed by atoms with van der Waals surface area (Å²) in [7, 11) is 0. The fourth-order valence-corrected chi connectivity index (χ4v) is 3.17. The van der Waals surface area contributed by atoms with Crippen LogP contribution in [-0.4, -0.2) is 10.1 Å². The molecule has 0 aliphatic rings. The van der Waals surface area contributed by atoms with Crippen molar-refractivity contribution in [2.24, 2.45) is 0 Å². The molecule has 0 amide bonds. The topological polar surface area (TPSA) is 65.1 Å². The Balaban J connectivity index is 1.62. The van der Waals surface area contributed by atoms with E-state index in [0.29, 0.717) is 17.8 Å². The van der Waals surface area contributed by atoms with Crippen LogP contribution in [0, 0.1) is 6.92 Å². The van der Waals surface area contributed by atoms with E-state index in [1.807, 2.05) is 73.7 Å². The van der Waals surface area contributed by atoms with Gasteiger partial charge in [0, 0.05) is 17.6 Å². The molecule has 0 bridgehead atoms. The number of aromatic amines is 1. The van der Waals surface area contributed by atoms with Crippen molar-refractivity contribution in [2.45, 2.75) is 13.5 Å². The van der Waals surface area contributed by atoms with Crippen molar-refractivity contribution >= 4 is 16.6 Å². The molecule has 4 heteroatoms. The van der Waals surface area contributed by atoms with Crippen LogP contribution >= 0.6 is 0 Å². The zero-order valence-corrected chi connectivity index (χ0v) is 15.0. The Kier molecular flexibility index (Phi) is 4.38. The molecule has 0 radical (unpaired) electrons. The highest BCUT2D eigenvalue weighted by Gasteiger charge is 2.07. The normalized spacial score (nSPS) is 10.9. The predicted octanol–water partition coefficient (Wildman–Crippen LogP) is 4.82. The molecule has 0 unspecified atom stereocenters. The van der Waals surface area contributed by atoms with Gasteiger partial charge < -0.3 is 15.4 Å². The zero-order valence-electron chi connectivity index (χ0n) is 15.0. The highest BCUT2D eigenvalue weighted by Crippen LogP contribution is 2.30. The molecule has 0 spiro atoms. The lowest BCUT2D eigenvalue weighted by Crippen LogP contribution is -2.15. The van der Waals surface area contributed by atoms with Crippen LogP contribution in [0.4, 0.5) is 5.69 Å². The molecule has 4 aromatic rings. The van der Waals surface area contributed by atoms with Crippen molar-refractivity contribution in [3.05, 3.63) is 94.3 Å². The second-order valence-corrected chi connectivity index (χ2v) is 6.67. The number of rotatable bonds is 4. The molecule has 0 saturated carbocycles. The van der Waals surface area contributed by atoms with E-state index in [4.69, 9.17) is 0 Å². The molecule has 0 aliphatic heterocycles. The van der Waals surface area contributed by atoms with Gasteiger partial charge in [0.1, 0.15) is 5.75 Å². The first kappa shape index (κ1) is 16.9. The van der Waals surface area contributed by atoms with Crippen molar-refractivity contribution in [3.63, 3.8) is 0 Å². The summed E-state index contributed by atoms with van der Waals surface area (Å²) in [5.41, 5.74) is 5.09. The maximum Gasteiger partial charge on any atom is 0.253 e. The summed E-state index contributed by atoms with van der Waals surface area (Å²) in [6, 6.07) is 23.3. The van der Waals surface area contributed by atoms with E-state index in [1.165, 1.54) is 0 Å². The molecule has 1 aromatic heterocycles. The first-order valence-corrected chi connectivity index (χ1v) is 8.85. The number of pyridine rings is 1. The number of aromatic nitrogens is 1. The van der Waals surface area contributed by atoms with Crippen LogP contribution in [0.25, 0.3) is 22.0 Å². The quantitative estimate of drug-likeness (QED) is 0.459. The monoisotopic (exact) mass is 356 g/mol. The molecule has 3 N–H and O–H groups in total. The summed E-state index contributed by atoms with van der Waals surface area (Å²) in [5, 5.41) is 14.4. The van der Waals surface area contributed by atoms with Gasteiger partial charge in [0.15, 0.2) is 0 Å². The number of anilines is 1. The molecular formula is C23H20N2O2. The van der Waals surface area contributed by atoms with E-state index in [9.17, 15) is 9.90 Å². The number of aromatic hydroxyl groups is 1. The second-order valence-electron chi connectivity index (χ2n) is 6.67. The van der Waals surface area contributed by atoms with Crippen molar-refractivity contribution in [1.29, 1.82) is 0 Å². The molecule has 3 aromatic carbocycles. The van der Waals surface area contributed by atoms with Crippen LogP contribution in [0.5, 0.6) is 5.75 Å². The van der Waals surface area contributed by atoms with Gasteiger partial charge in [-0.3, -0.25) is 4.79 Å². The van der Waals surface area contributed by atoms with Crippen LogP contribution in [0.15, 0.2) is 77.6 Å². The van der Waals surface area contributed by atoms with E-state index in [-0.39, 0.29) is 11.3 Å². The number of hydrogen-bond donors (Lipinski definition) is 3. The van der Waals surface area contributed by atoms with E-state index in [0.717, 1.165) is 27.6 Å². The number of nitrogens with one attached hydrogen (secondary N) is 2. The van der Waals surface area contributed by atoms with E-state index < -0.39 is 0 Å². The molecule has 0 atom stereocenters. The third-order valence-corrected chi connectivity index (χ3v) is 4.65. The van der Waals surface area contributed by atoms with E-state index >= 15 is 0 Å². The van der Waals surface area contributed by atoms with Crippen LogP contribution in [0.3, 0.4) is 0 Å². The van der Waals surface area contributed by atoms with Gasteiger partial charge in [0.2, 0.25) is 0 Å². The summed E-state index contributed by atoms with van der Waals surface area (Å²) in [4.78, 5) is 15.3. The smallest absolute Gasteiger partial charge is 0.253 e. The van der Waals surface area contributed by atoms with Gasteiger partial charge in [0.05, 0.1) is 5.69 Å². The van der Waals surface area contributed by atoms with Gasteiger partial charge in [-0.15, -0.1) is 0 Å². The van der Waals surface area contributed by atoms with Crippen molar-refractivity contribution < 1.29 is 5.11 Å². The molecule has 1 heterocycles. The highest BCUT2D eigenvalue weighted by molar-refractivity contribution is 5.79. The van der Waals surface area contributed by atoms with Crippen molar-refractivity contribution in [2.75, 3.05) is 5.32 Å². The number of hydrogen-bond acceptors (Lipinski definition) is 3. The van der Waals surface area contributed by atoms with Gasteiger partial charge in [-0.2, -0.15) is 0 Å². The van der Waals surface area contributed by atoms with E-state index in [2.05, 4.69) is 10.3 Å². The Labute approximate surface area is 157 Å². The van der Waals surface area contributed by atoms with Crippen LogP contribution in [0.1, 0.15) is 11.1 Å². The largest absolute Gasteiger partial charge is 0.506 e. The lowest BCUT2D eigenvalue weighted by Gasteiger charge is -2.11. The second kappa shape index (κ2) is 7.00. The SMILES string of the molecule is Cc1ccc2cc(CNc3cc(-c4ccccc4)ccc3O)c(=O)[nH]c2c1. The third kappa shape index (κ3) is 3.55. The van der Waals surface area contributed by atoms with Gasteiger partial charge >= 0.3 is 0 Å². The summed E-state index contributed by atoms with van der Waals surface area (Å²) in [6.07, 6.45) is 0. The maximum absolute atomic E-state index is 12.4. The highest BCUT2D eigenvalue weighted by atomic mass is 16.3. The number of H-pyrrole nitrogens is 1. The minimum Gasteiger partial charge on any atom is -0.506 e. The lowest BCUT2D eigenvalue weighted by molar-refractivity contribution is 0.477. The van der Waals surface area contributed by atoms with Gasteiger partial charge in [0.25, 0.3) is 5.56 Å². The minimum absolute atomic E-state index is 0.126. The fourth-order valence-electron chi connectivity index (χ4n) is 3.17. The van der Waals surface area contributed by atoms with Gasteiger partial charge in [-0.05, 0) is 53.3 Å². The first-order valence-electron chi connectivity index (χ1n) is 8.85. The standard InChI is InChI=1S/C23H20N2O2/c1-15-7-8-18-12-19(23(27)25-20(18)11-15)14-24-21-13-17(9-10-22(21)26)16-5-3-2-4-6-16/h2-13,24,26H,14H2,1H3,(H,25,27). The molecule has 4 nitrogen and oxygen atoms in total.